The van der Waals surface area contributed by atoms with E-state index in [1.807, 2.05) is 30.3 Å². The number of fused-ring (bicyclic) bond motifs is 5. The first-order valence-corrected chi connectivity index (χ1v) is 8.25. The molecule has 0 aliphatic heterocycles. The number of hydrogen-bond acceptors (Lipinski definition) is 3. The van der Waals surface area contributed by atoms with E-state index < -0.39 is 0 Å². The van der Waals surface area contributed by atoms with Gasteiger partial charge in [0.05, 0.1) is 14.2 Å². The first-order valence-electron chi connectivity index (χ1n) is 8.25. The van der Waals surface area contributed by atoms with Crippen molar-refractivity contribution in [2.24, 2.45) is 0 Å². The molecular weight excluding hydrogens is 300 g/mol. The van der Waals surface area contributed by atoms with Crippen LogP contribution < -0.4 is 9.47 Å². The van der Waals surface area contributed by atoms with Crippen molar-refractivity contribution >= 4 is 5.78 Å². The summed E-state index contributed by atoms with van der Waals surface area (Å²) in [6.45, 7) is 0. The van der Waals surface area contributed by atoms with E-state index in [0.29, 0.717) is 6.42 Å². The molecule has 0 radical (unpaired) electrons. The molecule has 0 spiro atoms. The summed E-state index contributed by atoms with van der Waals surface area (Å²) < 4.78 is 11.1. The monoisotopic (exact) mass is 322 g/mol. The minimum Gasteiger partial charge on any atom is -0.496 e. The van der Waals surface area contributed by atoms with Gasteiger partial charge < -0.3 is 9.47 Å². The minimum absolute atomic E-state index is 0.129. The van der Waals surface area contributed by atoms with Gasteiger partial charge in [0, 0.05) is 17.5 Å². The summed E-state index contributed by atoms with van der Waals surface area (Å²) in [5, 5.41) is 0. The van der Waals surface area contributed by atoms with E-state index in [0.717, 1.165) is 47.5 Å². The Balaban J connectivity index is 2.18. The van der Waals surface area contributed by atoms with Gasteiger partial charge in [-0.3, -0.25) is 4.79 Å². The van der Waals surface area contributed by atoms with E-state index in [2.05, 4.69) is 12.1 Å². The van der Waals surface area contributed by atoms with Crippen LogP contribution in [0, 0.1) is 0 Å². The van der Waals surface area contributed by atoms with Gasteiger partial charge in [-0.2, -0.15) is 0 Å². The third-order valence-electron chi connectivity index (χ3n) is 4.34. The maximum Gasteiger partial charge on any atom is 0.159 e. The summed E-state index contributed by atoms with van der Waals surface area (Å²) in [4.78, 5) is 12.1. The fraction of sp³-hybridized carbons (Fsp3) is 0.286. The van der Waals surface area contributed by atoms with E-state index in [1.165, 1.54) is 5.56 Å². The van der Waals surface area contributed by atoms with Crippen molar-refractivity contribution in [1.82, 2.24) is 0 Å². The smallest absolute Gasteiger partial charge is 0.159 e. The zero-order valence-electron chi connectivity index (χ0n) is 14.2. The van der Waals surface area contributed by atoms with Crippen LogP contribution >= 0.6 is 0 Å². The topological polar surface area (TPSA) is 35.5 Å². The zero-order valence-corrected chi connectivity index (χ0v) is 14.2. The van der Waals surface area contributed by atoms with E-state index in [-0.39, 0.29) is 5.78 Å². The highest BCUT2D eigenvalue weighted by molar-refractivity contribution is 5.91. The molecule has 1 aliphatic carbocycles. The van der Waals surface area contributed by atoms with Crippen molar-refractivity contribution in [2.45, 2.75) is 25.7 Å². The summed E-state index contributed by atoms with van der Waals surface area (Å²) >= 11 is 0. The Hall–Kier alpha value is -2.55. The lowest BCUT2D eigenvalue weighted by atomic mass is 9.96. The normalized spacial score (nSPS) is 15.7. The van der Waals surface area contributed by atoms with Crippen LogP contribution in [0.25, 0.3) is 11.1 Å². The lowest BCUT2D eigenvalue weighted by Gasteiger charge is -2.15. The Kier molecular flexibility index (Phi) is 4.99. The van der Waals surface area contributed by atoms with Gasteiger partial charge in [-0.25, -0.2) is 0 Å². The van der Waals surface area contributed by atoms with Crippen LogP contribution in [0.2, 0.25) is 0 Å². The van der Waals surface area contributed by atoms with Crippen molar-refractivity contribution in [3.8, 4) is 22.6 Å². The van der Waals surface area contributed by atoms with Gasteiger partial charge in [0.25, 0.3) is 0 Å². The van der Waals surface area contributed by atoms with Crippen LogP contribution in [0.5, 0.6) is 11.5 Å². The first kappa shape index (κ1) is 16.3. The van der Waals surface area contributed by atoms with Crippen LogP contribution in [-0.4, -0.2) is 20.0 Å². The number of methoxy groups -OCH3 is 2. The first-order chi connectivity index (χ1) is 11.7. The van der Waals surface area contributed by atoms with Gasteiger partial charge in [-0.05, 0) is 60.7 Å². The van der Waals surface area contributed by atoms with Gasteiger partial charge in [0.2, 0.25) is 0 Å². The van der Waals surface area contributed by atoms with Crippen LogP contribution in [0.1, 0.15) is 24.0 Å². The number of benzene rings is 2. The second kappa shape index (κ2) is 7.35. The van der Waals surface area contributed by atoms with Crippen LogP contribution in [0.4, 0.5) is 0 Å². The highest BCUT2D eigenvalue weighted by atomic mass is 16.5. The van der Waals surface area contributed by atoms with E-state index in [9.17, 15) is 4.79 Å². The van der Waals surface area contributed by atoms with Crippen LogP contribution in [-0.2, 0) is 17.6 Å². The molecule has 0 unspecified atom stereocenters. The Morgan fingerprint density at radius 2 is 1.50 bits per heavy atom. The van der Waals surface area contributed by atoms with Crippen molar-refractivity contribution in [1.29, 1.82) is 0 Å². The number of ether oxygens (including phenoxy) is 2. The van der Waals surface area contributed by atoms with Crippen molar-refractivity contribution in [3.05, 3.63) is 59.7 Å². The maximum atomic E-state index is 12.1. The van der Waals surface area contributed by atoms with Gasteiger partial charge >= 0.3 is 0 Å². The van der Waals surface area contributed by atoms with Crippen molar-refractivity contribution in [3.63, 3.8) is 0 Å². The molecule has 24 heavy (non-hydrogen) atoms. The quantitative estimate of drug-likeness (QED) is 0.823. The number of aryl methyl sites for hydroxylation is 1. The number of hydrogen-bond donors (Lipinski definition) is 0. The Bertz CT molecular complexity index is 775. The molecule has 124 valence electrons. The maximum absolute atomic E-state index is 12.1. The highest BCUT2D eigenvalue weighted by Gasteiger charge is 2.14. The lowest BCUT2D eigenvalue weighted by Crippen LogP contribution is -2.00. The molecule has 3 nitrogen and oxygen atoms in total. The van der Waals surface area contributed by atoms with E-state index >= 15 is 0 Å². The Morgan fingerprint density at radius 1 is 0.875 bits per heavy atom. The third kappa shape index (κ3) is 3.51. The molecule has 2 aromatic carbocycles. The zero-order chi connectivity index (χ0) is 16.9. The summed E-state index contributed by atoms with van der Waals surface area (Å²) in [5.74, 6) is 1.73. The predicted octanol–water partition coefficient (Wildman–Crippen LogP) is 4.37. The van der Waals surface area contributed by atoms with Gasteiger partial charge in [-0.1, -0.05) is 18.2 Å². The van der Waals surface area contributed by atoms with Crippen molar-refractivity contribution < 1.29 is 14.3 Å². The second-order valence-electron chi connectivity index (χ2n) is 6.01. The fourth-order valence-electron chi connectivity index (χ4n) is 3.10. The van der Waals surface area contributed by atoms with Gasteiger partial charge in [0.1, 0.15) is 11.5 Å². The standard InChI is InChI=1S/C21H22O3/c1-23-20-10-8-15-6-4-3-5-7-17(22)12-16-9-11-21(24-2)19(14-16)18(20)13-15/h5,7-11,13-14H,3-4,6,12H2,1-2H3/b7-5-. The predicted molar refractivity (Wildman–Crippen MR) is 95.8 cm³/mol. The molecule has 0 aromatic heterocycles. The fourth-order valence-corrected chi connectivity index (χ4v) is 3.10. The Labute approximate surface area is 142 Å². The third-order valence-corrected chi connectivity index (χ3v) is 4.34. The molecule has 1 aliphatic rings. The lowest BCUT2D eigenvalue weighted by molar-refractivity contribution is -0.114. The minimum atomic E-state index is 0.129. The average molecular weight is 322 g/mol. The Morgan fingerprint density at radius 3 is 2.17 bits per heavy atom. The molecule has 0 heterocycles. The number of rotatable bonds is 2. The second-order valence-corrected chi connectivity index (χ2v) is 6.01. The summed E-state index contributed by atoms with van der Waals surface area (Å²) in [7, 11) is 3.34. The van der Waals surface area contributed by atoms with Crippen LogP contribution in [0.3, 0.4) is 0 Å². The molecule has 0 N–H and O–H groups in total. The number of carbonyl (C=O) groups excluding carboxylic acids is 1. The van der Waals surface area contributed by atoms with E-state index in [1.54, 1.807) is 20.3 Å². The summed E-state index contributed by atoms with van der Waals surface area (Å²) in [5.41, 5.74) is 4.21. The van der Waals surface area contributed by atoms with E-state index in [4.69, 9.17) is 9.47 Å². The molecule has 0 fully saturated rings. The van der Waals surface area contributed by atoms with Crippen molar-refractivity contribution in [2.75, 3.05) is 14.2 Å². The number of carbonyl (C=O) groups is 1. The number of allylic oxidation sites excluding steroid dienone is 2. The van der Waals surface area contributed by atoms with Gasteiger partial charge in [-0.15, -0.1) is 0 Å². The molecule has 0 atom stereocenters. The molecule has 4 bridgehead atoms. The van der Waals surface area contributed by atoms with Crippen LogP contribution in [0.15, 0.2) is 48.6 Å². The molecule has 0 saturated heterocycles. The summed E-state index contributed by atoms with van der Waals surface area (Å²) in [6, 6.07) is 12.2. The highest BCUT2D eigenvalue weighted by Crippen LogP contribution is 2.38. The average Bonchev–Trinajstić information content (AvgIpc) is 2.61. The largest absolute Gasteiger partial charge is 0.496 e. The molecule has 3 heteroatoms. The molecule has 3 rings (SSSR count). The molecule has 0 amide bonds. The number of ketones is 1. The SMILES string of the molecule is COc1ccc2cc1-c1cc(ccc1OC)CC(=O)/C=C\CCC2. The summed E-state index contributed by atoms with van der Waals surface area (Å²) in [6.07, 6.45) is 6.98. The molecule has 2 aromatic rings. The molecular formula is C21H22O3. The molecule has 0 saturated carbocycles. The van der Waals surface area contributed by atoms with Gasteiger partial charge in [0.15, 0.2) is 5.78 Å².